The number of hydrogen-bond acceptors (Lipinski definition) is 2. The first-order valence-electron chi connectivity index (χ1n) is 5.54. The third kappa shape index (κ3) is 3.67. The molecule has 0 unspecified atom stereocenters. The van der Waals surface area contributed by atoms with Crippen molar-refractivity contribution in [1.82, 2.24) is 0 Å². The number of thiol groups is 1. The van der Waals surface area contributed by atoms with Gasteiger partial charge >= 0.3 is 6.18 Å². The van der Waals surface area contributed by atoms with E-state index < -0.39 is 11.7 Å². The molecule has 0 fully saturated rings. The number of alkyl halides is 3. The Morgan fingerprint density at radius 2 is 1.68 bits per heavy atom. The van der Waals surface area contributed by atoms with Crippen LogP contribution in [0.15, 0.2) is 53.4 Å². The lowest BCUT2D eigenvalue weighted by Gasteiger charge is -2.11. The van der Waals surface area contributed by atoms with Gasteiger partial charge in [-0.1, -0.05) is 30.3 Å². The number of benzene rings is 2. The van der Waals surface area contributed by atoms with Crippen molar-refractivity contribution in [2.75, 3.05) is 0 Å². The van der Waals surface area contributed by atoms with E-state index in [2.05, 4.69) is 12.6 Å². The molecule has 0 aromatic heterocycles. The topological polar surface area (TPSA) is 9.23 Å². The Bertz CT molecular complexity index is 552. The van der Waals surface area contributed by atoms with Gasteiger partial charge in [-0.3, -0.25) is 0 Å². The van der Waals surface area contributed by atoms with E-state index in [0.717, 1.165) is 17.7 Å². The van der Waals surface area contributed by atoms with E-state index in [0.29, 0.717) is 12.4 Å². The van der Waals surface area contributed by atoms with Gasteiger partial charge in [-0.25, -0.2) is 0 Å². The summed E-state index contributed by atoms with van der Waals surface area (Å²) in [7, 11) is 0. The van der Waals surface area contributed by atoms with E-state index in [9.17, 15) is 13.2 Å². The molecular weight excluding hydrogens is 273 g/mol. The second kappa shape index (κ2) is 5.57. The fraction of sp³-hybridized carbons (Fsp3) is 0.143. The number of rotatable bonds is 3. The van der Waals surface area contributed by atoms with Crippen LogP contribution in [0, 0.1) is 0 Å². The molecule has 0 radical (unpaired) electrons. The van der Waals surface area contributed by atoms with Crippen LogP contribution in [0.2, 0.25) is 0 Å². The predicted octanol–water partition coefficient (Wildman–Crippen LogP) is 4.57. The number of ether oxygens (including phenoxy) is 1. The van der Waals surface area contributed by atoms with Gasteiger partial charge in [-0.2, -0.15) is 13.2 Å². The van der Waals surface area contributed by atoms with Crippen LogP contribution in [-0.2, 0) is 12.8 Å². The average Bonchev–Trinajstić information content (AvgIpc) is 2.37. The standard InChI is InChI=1S/C14H11F3OS/c15-14(16,17)11-6-7-12(13(19)8-11)18-9-10-4-2-1-3-5-10/h1-8,19H,9H2. The molecule has 2 rings (SSSR count). The lowest BCUT2D eigenvalue weighted by molar-refractivity contribution is -0.137. The monoisotopic (exact) mass is 284 g/mol. The van der Waals surface area contributed by atoms with Crippen molar-refractivity contribution in [2.24, 2.45) is 0 Å². The molecule has 100 valence electrons. The minimum Gasteiger partial charge on any atom is -0.488 e. The van der Waals surface area contributed by atoms with Gasteiger partial charge in [0.2, 0.25) is 0 Å². The maximum atomic E-state index is 12.5. The van der Waals surface area contributed by atoms with Crippen molar-refractivity contribution in [3.05, 3.63) is 59.7 Å². The summed E-state index contributed by atoms with van der Waals surface area (Å²) in [5.74, 6) is 0.334. The Morgan fingerprint density at radius 1 is 1.00 bits per heavy atom. The molecule has 0 spiro atoms. The molecule has 0 atom stereocenters. The highest BCUT2D eigenvalue weighted by Crippen LogP contribution is 2.34. The Balaban J connectivity index is 2.10. The van der Waals surface area contributed by atoms with Crippen LogP contribution >= 0.6 is 12.6 Å². The fourth-order valence-electron chi connectivity index (χ4n) is 1.55. The second-order valence-electron chi connectivity index (χ2n) is 3.95. The van der Waals surface area contributed by atoms with E-state index in [1.165, 1.54) is 6.07 Å². The largest absolute Gasteiger partial charge is 0.488 e. The molecular formula is C14H11F3OS. The first kappa shape index (κ1) is 13.8. The lowest BCUT2D eigenvalue weighted by atomic mass is 10.2. The van der Waals surface area contributed by atoms with Crippen molar-refractivity contribution >= 4 is 12.6 Å². The van der Waals surface area contributed by atoms with Crippen LogP contribution in [0.5, 0.6) is 5.75 Å². The van der Waals surface area contributed by atoms with Gasteiger partial charge in [0.15, 0.2) is 0 Å². The summed E-state index contributed by atoms with van der Waals surface area (Å²) in [6.45, 7) is 0.291. The van der Waals surface area contributed by atoms with Crippen molar-refractivity contribution in [3.8, 4) is 5.75 Å². The summed E-state index contributed by atoms with van der Waals surface area (Å²) >= 11 is 4.02. The van der Waals surface area contributed by atoms with Crippen LogP contribution in [0.4, 0.5) is 13.2 Å². The van der Waals surface area contributed by atoms with E-state index in [4.69, 9.17) is 4.74 Å². The van der Waals surface area contributed by atoms with Gasteiger partial charge in [0, 0.05) is 4.90 Å². The van der Waals surface area contributed by atoms with Gasteiger partial charge in [-0.05, 0) is 23.8 Å². The maximum absolute atomic E-state index is 12.5. The van der Waals surface area contributed by atoms with Gasteiger partial charge in [0.05, 0.1) is 5.56 Å². The molecule has 0 saturated heterocycles. The molecule has 0 bridgehead atoms. The predicted molar refractivity (Wildman–Crippen MR) is 69.5 cm³/mol. The lowest BCUT2D eigenvalue weighted by Crippen LogP contribution is -2.05. The molecule has 5 heteroatoms. The second-order valence-corrected chi connectivity index (χ2v) is 4.44. The van der Waals surface area contributed by atoms with Gasteiger partial charge < -0.3 is 4.74 Å². The Kier molecular flexibility index (Phi) is 4.04. The van der Waals surface area contributed by atoms with E-state index in [1.807, 2.05) is 30.3 Å². The summed E-state index contributed by atoms with van der Waals surface area (Å²) in [6.07, 6.45) is -4.37. The first-order chi connectivity index (χ1) is 8.97. The maximum Gasteiger partial charge on any atom is 0.416 e. The zero-order valence-electron chi connectivity index (χ0n) is 9.82. The summed E-state index contributed by atoms with van der Waals surface area (Å²) < 4.78 is 42.9. The smallest absolute Gasteiger partial charge is 0.416 e. The Labute approximate surface area is 114 Å². The molecule has 2 aromatic rings. The molecule has 19 heavy (non-hydrogen) atoms. The minimum atomic E-state index is -4.37. The van der Waals surface area contributed by atoms with Crippen molar-refractivity contribution < 1.29 is 17.9 Å². The molecule has 0 N–H and O–H groups in total. The Morgan fingerprint density at radius 3 is 2.26 bits per heavy atom. The van der Waals surface area contributed by atoms with Crippen LogP contribution < -0.4 is 4.74 Å². The van der Waals surface area contributed by atoms with Gasteiger partial charge in [0.25, 0.3) is 0 Å². The summed E-state index contributed by atoms with van der Waals surface area (Å²) in [4.78, 5) is 0.172. The average molecular weight is 284 g/mol. The summed E-state index contributed by atoms with van der Waals surface area (Å²) in [5.41, 5.74) is 0.208. The summed E-state index contributed by atoms with van der Waals surface area (Å²) in [5, 5.41) is 0. The molecule has 1 nitrogen and oxygen atoms in total. The van der Waals surface area contributed by atoms with Crippen molar-refractivity contribution in [2.45, 2.75) is 17.7 Å². The van der Waals surface area contributed by atoms with Crippen LogP contribution in [0.25, 0.3) is 0 Å². The fourth-order valence-corrected chi connectivity index (χ4v) is 1.83. The molecule has 2 aromatic carbocycles. The van der Waals surface area contributed by atoms with E-state index in [-0.39, 0.29) is 4.90 Å². The highest BCUT2D eigenvalue weighted by molar-refractivity contribution is 7.80. The number of halogens is 3. The Hall–Kier alpha value is -1.62. The van der Waals surface area contributed by atoms with E-state index in [1.54, 1.807) is 0 Å². The molecule has 0 amide bonds. The quantitative estimate of drug-likeness (QED) is 0.812. The van der Waals surface area contributed by atoms with Gasteiger partial charge in [-0.15, -0.1) is 12.6 Å². The normalized spacial score (nSPS) is 11.4. The molecule has 0 aliphatic rings. The zero-order valence-corrected chi connectivity index (χ0v) is 10.7. The van der Waals surface area contributed by atoms with Crippen molar-refractivity contribution in [1.29, 1.82) is 0 Å². The SMILES string of the molecule is FC(F)(F)c1ccc(OCc2ccccc2)c(S)c1. The highest BCUT2D eigenvalue weighted by Gasteiger charge is 2.30. The molecule has 0 aliphatic carbocycles. The first-order valence-corrected chi connectivity index (χ1v) is 5.98. The molecule has 0 saturated carbocycles. The summed E-state index contributed by atoms with van der Waals surface area (Å²) in [6, 6.07) is 12.6. The van der Waals surface area contributed by atoms with Gasteiger partial charge in [0.1, 0.15) is 12.4 Å². The van der Waals surface area contributed by atoms with E-state index >= 15 is 0 Å². The van der Waals surface area contributed by atoms with Crippen LogP contribution in [0.3, 0.4) is 0 Å². The number of hydrogen-bond donors (Lipinski definition) is 1. The third-order valence-electron chi connectivity index (χ3n) is 2.52. The molecule has 0 aliphatic heterocycles. The minimum absolute atomic E-state index is 0.172. The van der Waals surface area contributed by atoms with Crippen LogP contribution in [-0.4, -0.2) is 0 Å². The third-order valence-corrected chi connectivity index (χ3v) is 2.87. The zero-order chi connectivity index (χ0) is 13.9. The van der Waals surface area contributed by atoms with Crippen LogP contribution in [0.1, 0.15) is 11.1 Å². The molecule has 0 heterocycles. The highest BCUT2D eigenvalue weighted by atomic mass is 32.1. The van der Waals surface area contributed by atoms with Crippen molar-refractivity contribution in [3.63, 3.8) is 0 Å².